The minimum absolute atomic E-state index is 0.0166. The normalized spacial score (nSPS) is 15.9. The molecule has 0 aliphatic carbocycles. The van der Waals surface area contributed by atoms with Crippen LogP contribution in [0.15, 0.2) is 27.5 Å². The van der Waals surface area contributed by atoms with Gasteiger partial charge in [-0.05, 0) is 23.6 Å². The van der Waals surface area contributed by atoms with E-state index >= 15 is 0 Å². The fourth-order valence-electron chi connectivity index (χ4n) is 1.75. The molecule has 21 heavy (non-hydrogen) atoms. The zero-order chi connectivity index (χ0) is 15.6. The van der Waals surface area contributed by atoms with E-state index in [1.54, 1.807) is 12.1 Å². The number of thioether (sulfide) groups is 1. The molecule has 1 heterocycles. The van der Waals surface area contributed by atoms with Crippen LogP contribution in [0.25, 0.3) is 0 Å². The second kappa shape index (κ2) is 6.04. The van der Waals surface area contributed by atoms with E-state index in [0.717, 1.165) is 17.3 Å². The summed E-state index contributed by atoms with van der Waals surface area (Å²) in [7, 11) is -3.76. The smallest absolute Gasteiger partial charge is 0.286 e. The molecule has 1 amide bonds. The summed E-state index contributed by atoms with van der Waals surface area (Å²) in [5.41, 5.74) is 3.36. The van der Waals surface area contributed by atoms with E-state index in [0.29, 0.717) is 5.69 Å². The summed E-state index contributed by atoms with van der Waals surface area (Å²) in [6.45, 7) is 3.97. The number of hydrogen-bond acceptors (Lipinski definition) is 6. The summed E-state index contributed by atoms with van der Waals surface area (Å²) in [6, 6.07) is 5.20. The van der Waals surface area contributed by atoms with Gasteiger partial charge in [-0.3, -0.25) is 10.2 Å². The van der Waals surface area contributed by atoms with Crippen molar-refractivity contribution in [2.45, 2.75) is 24.7 Å². The highest BCUT2D eigenvalue weighted by Crippen LogP contribution is 2.32. The molecule has 2 rings (SSSR count). The zero-order valence-corrected chi connectivity index (χ0v) is 13.2. The van der Waals surface area contributed by atoms with E-state index in [1.807, 2.05) is 25.3 Å². The van der Waals surface area contributed by atoms with Gasteiger partial charge in [-0.15, -0.1) is 4.40 Å². The zero-order valence-electron chi connectivity index (χ0n) is 11.6. The number of hydrazine groups is 1. The van der Waals surface area contributed by atoms with Crippen LogP contribution < -0.4 is 16.6 Å². The average molecular weight is 328 g/mol. The standard InChI is InChI=1S/C12H16N4O3S2/c1-7(2)8-3-4-9-10(5-8)21(18,19)16-12(14-9)20-6-11(17)15-13/h3-5,7H,6,13H2,1-2H3,(H,14,16)(H,15,17). The molecule has 1 aromatic carbocycles. The fourth-order valence-corrected chi connectivity index (χ4v) is 3.83. The summed E-state index contributed by atoms with van der Waals surface area (Å²) in [4.78, 5) is 11.2. The van der Waals surface area contributed by atoms with E-state index < -0.39 is 15.9 Å². The maximum atomic E-state index is 12.2. The van der Waals surface area contributed by atoms with Gasteiger partial charge in [0.25, 0.3) is 10.0 Å². The lowest BCUT2D eigenvalue weighted by Gasteiger charge is -2.19. The first-order valence-corrected chi connectivity index (χ1v) is 8.64. The summed E-state index contributed by atoms with van der Waals surface area (Å²) >= 11 is 0.974. The van der Waals surface area contributed by atoms with Crippen molar-refractivity contribution in [1.82, 2.24) is 5.43 Å². The lowest BCUT2D eigenvalue weighted by atomic mass is 10.0. The first-order chi connectivity index (χ1) is 9.83. The third-order valence-electron chi connectivity index (χ3n) is 2.90. The second-order valence-corrected chi connectivity index (χ2v) is 7.30. The van der Waals surface area contributed by atoms with Gasteiger partial charge >= 0.3 is 0 Å². The lowest BCUT2D eigenvalue weighted by molar-refractivity contribution is -0.118. The van der Waals surface area contributed by atoms with Crippen molar-refractivity contribution >= 4 is 38.5 Å². The molecule has 0 saturated carbocycles. The van der Waals surface area contributed by atoms with Crippen LogP contribution in [0.3, 0.4) is 0 Å². The van der Waals surface area contributed by atoms with Gasteiger partial charge in [0.1, 0.15) is 4.90 Å². The Bertz CT molecular complexity index is 698. The Labute approximate surface area is 127 Å². The molecule has 0 saturated heterocycles. The van der Waals surface area contributed by atoms with Crippen molar-refractivity contribution < 1.29 is 13.2 Å². The van der Waals surface area contributed by atoms with Crippen LogP contribution in [0.5, 0.6) is 0 Å². The predicted octanol–water partition coefficient (Wildman–Crippen LogP) is 1.00. The molecule has 0 aromatic heterocycles. The van der Waals surface area contributed by atoms with Crippen molar-refractivity contribution in [3.8, 4) is 0 Å². The van der Waals surface area contributed by atoms with Crippen molar-refractivity contribution in [1.29, 1.82) is 0 Å². The Kier molecular flexibility index (Phi) is 4.55. The molecule has 0 bridgehead atoms. The number of rotatable bonds is 3. The fraction of sp³-hybridized carbons (Fsp3) is 0.333. The minimum Gasteiger partial charge on any atom is -0.333 e. The molecule has 0 atom stereocenters. The van der Waals surface area contributed by atoms with Gasteiger partial charge in [-0.2, -0.15) is 8.42 Å². The van der Waals surface area contributed by atoms with Gasteiger partial charge < -0.3 is 5.32 Å². The predicted molar refractivity (Wildman–Crippen MR) is 83.6 cm³/mol. The van der Waals surface area contributed by atoms with Crippen LogP contribution in [0, 0.1) is 0 Å². The van der Waals surface area contributed by atoms with E-state index in [2.05, 4.69) is 9.71 Å². The molecule has 0 radical (unpaired) electrons. The Morgan fingerprint density at radius 2 is 2.19 bits per heavy atom. The van der Waals surface area contributed by atoms with E-state index in [4.69, 9.17) is 5.84 Å². The highest BCUT2D eigenvalue weighted by atomic mass is 32.2. The van der Waals surface area contributed by atoms with Crippen LogP contribution >= 0.6 is 11.8 Å². The van der Waals surface area contributed by atoms with Crippen LogP contribution in [0.4, 0.5) is 5.69 Å². The van der Waals surface area contributed by atoms with E-state index in [1.165, 1.54) is 0 Å². The first kappa shape index (κ1) is 15.8. The van der Waals surface area contributed by atoms with Crippen LogP contribution in [-0.4, -0.2) is 25.2 Å². The number of nitrogens with zero attached hydrogens (tertiary/aromatic N) is 1. The van der Waals surface area contributed by atoms with E-state index in [9.17, 15) is 13.2 Å². The maximum Gasteiger partial charge on any atom is 0.286 e. The summed E-state index contributed by atoms with van der Waals surface area (Å²) in [6.07, 6.45) is 0. The number of amides is 1. The quantitative estimate of drug-likeness (QED) is 0.433. The number of carbonyl (C=O) groups is 1. The second-order valence-electron chi connectivity index (χ2n) is 4.76. The highest BCUT2D eigenvalue weighted by Gasteiger charge is 2.26. The molecule has 4 N–H and O–H groups in total. The van der Waals surface area contributed by atoms with Crippen LogP contribution in [-0.2, 0) is 14.8 Å². The maximum absolute atomic E-state index is 12.2. The molecule has 114 valence electrons. The van der Waals surface area contributed by atoms with Gasteiger partial charge in [-0.25, -0.2) is 5.84 Å². The summed E-state index contributed by atoms with van der Waals surface area (Å²) < 4.78 is 28.1. The third kappa shape index (κ3) is 3.55. The molecule has 9 heteroatoms. The van der Waals surface area contributed by atoms with Crippen molar-refractivity contribution in [3.63, 3.8) is 0 Å². The molecule has 1 aliphatic rings. The lowest BCUT2D eigenvalue weighted by Crippen LogP contribution is -2.32. The highest BCUT2D eigenvalue weighted by molar-refractivity contribution is 8.15. The number of nitrogens with two attached hydrogens (primary N) is 1. The molecule has 0 fully saturated rings. The molecule has 1 aliphatic heterocycles. The monoisotopic (exact) mass is 328 g/mol. The van der Waals surface area contributed by atoms with Gasteiger partial charge in [-0.1, -0.05) is 31.7 Å². The SMILES string of the molecule is CC(C)c1ccc2c(c1)S(=O)(=O)N=C(SCC(=O)NN)N2. The van der Waals surface area contributed by atoms with Gasteiger partial charge in [0.2, 0.25) is 5.91 Å². The molecular formula is C12H16N4O3S2. The largest absolute Gasteiger partial charge is 0.333 e. The van der Waals surface area contributed by atoms with Crippen LogP contribution in [0.1, 0.15) is 25.3 Å². The number of benzene rings is 1. The van der Waals surface area contributed by atoms with Crippen molar-refractivity contribution in [3.05, 3.63) is 23.8 Å². The van der Waals surface area contributed by atoms with Gasteiger partial charge in [0, 0.05) is 0 Å². The third-order valence-corrected chi connectivity index (χ3v) is 5.20. The topological polar surface area (TPSA) is 114 Å². The van der Waals surface area contributed by atoms with E-state index in [-0.39, 0.29) is 21.7 Å². The number of sulfonamides is 1. The summed E-state index contributed by atoms with van der Waals surface area (Å²) in [5.74, 6) is 4.76. The molecule has 1 aromatic rings. The van der Waals surface area contributed by atoms with Crippen molar-refractivity contribution in [2.24, 2.45) is 10.2 Å². The van der Waals surface area contributed by atoms with Crippen molar-refractivity contribution in [2.75, 3.05) is 11.1 Å². The number of hydrogen-bond donors (Lipinski definition) is 3. The van der Waals surface area contributed by atoms with Gasteiger partial charge in [0.05, 0.1) is 11.4 Å². The number of carbonyl (C=O) groups excluding carboxylic acids is 1. The summed E-state index contributed by atoms with van der Waals surface area (Å²) in [5, 5.41) is 3.07. The Hall–Kier alpha value is -1.58. The molecule has 0 unspecified atom stereocenters. The molecule has 7 nitrogen and oxygen atoms in total. The average Bonchev–Trinajstić information content (AvgIpc) is 2.43. The molecular weight excluding hydrogens is 312 g/mol. The first-order valence-electron chi connectivity index (χ1n) is 6.21. The Morgan fingerprint density at radius 1 is 1.48 bits per heavy atom. The number of amidine groups is 1. The number of anilines is 1. The number of fused-ring (bicyclic) bond motifs is 1. The van der Waals surface area contributed by atoms with Crippen LogP contribution in [0.2, 0.25) is 0 Å². The van der Waals surface area contributed by atoms with Gasteiger partial charge in [0.15, 0.2) is 5.17 Å². The Balaban J connectivity index is 2.29. The molecule has 0 spiro atoms. The number of nitrogens with one attached hydrogen (secondary N) is 2. The Morgan fingerprint density at radius 3 is 2.81 bits per heavy atom. The minimum atomic E-state index is -3.76.